The summed E-state index contributed by atoms with van der Waals surface area (Å²) in [6, 6.07) is 19.8. The molecule has 0 unspecified atom stereocenters. The highest BCUT2D eigenvalue weighted by Crippen LogP contribution is 2.49. The number of benzene rings is 2. The summed E-state index contributed by atoms with van der Waals surface area (Å²) in [5.41, 5.74) is 4.49. The minimum atomic E-state index is -4.59. The van der Waals surface area contributed by atoms with Crippen molar-refractivity contribution in [2.24, 2.45) is 16.7 Å². The number of anilines is 2. The number of fused-ring (bicyclic) bond motifs is 1. The molecule has 3 N–H and O–H groups in total. The monoisotopic (exact) mass is 888 g/mol. The van der Waals surface area contributed by atoms with E-state index >= 15 is 0 Å². The van der Waals surface area contributed by atoms with Gasteiger partial charge in [-0.1, -0.05) is 52.0 Å². The van der Waals surface area contributed by atoms with Crippen LogP contribution >= 0.6 is 0 Å². The van der Waals surface area contributed by atoms with Crippen LogP contribution in [0.5, 0.6) is 11.5 Å². The van der Waals surface area contributed by atoms with Crippen molar-refractivity contribution in [2.45, 2.75) is 115 Å². The van der Waals surface area contributed by atoms with Gasteiger partial charge in [-0.25, -0.2) is 23.1 Å². The molecule has 4 aliphatic rings. The molecule has 2 saturated heterocycles. The maximum Gasteiger partial charge on any atom is 0.312 e. The van der Waals surface area contributed by atoms with E-state index in [1.165, 1.54) is 36.8 Å². The summed E-state index contributed by atoms with van der Waals surface area (Å²) >= 11 is 0. The van der Waals surface area contributed by atoms with Crippen LogP contribution in [0.4, 0.5) is 17.2 Å². The first-order valence-corrected chi connectivity index (χ1v) is 24.4. The van der Waals surface area contributed by atoms with E-state index in [2.05, 4.69) is 86.8 Å². The molecule has 3 aromatic heterocycles. The molecule has 2 aliphatic carbocycles. The highest BCUT2D eigenvalue weighted by Gasteiger charge is 2.47. The topological polar surface area (TPSA) is 176 Å². The van der Waals surface area contributed by atoms with Crippen molar-refractivity contribution in [1.82, 2.24) is 24.6 Å². The Hall–Kier alpha value is -5.54. The predicted molar refractivity (Wildman–Crippen MR) is 248 cm³/mol. The van der Waals surface area contributed by atoms with Crippen molar-refractivity contribution in [2.75, 3.05) is 36.4 Å². The summed E-state index contributed by atoms with van der Waals surface area (Å²) in [4.78, 5) is 41.7. The number of sulfonamides is 1. The molecule has 1 spiro atoms. The smallest absolute Gasteiger partial charge is 0.312 e. The first-order valence-electron chi connectivity index (χ1n) is 23.0. The summed E-state index contributed by atoms with van der Waals surface area (Å²) in [5.74, 6) is 0.392. The number of aromatic nitrogens is 3. The zero-order chi connectivity index (χ0) is 44.8. The van der Waals surface area contributed by atoms with Gasteiger partial charge in [-0.05, 0) is 123 Å². The quantitative estimate of drug-likeness (QED) is 0.0758. The number of nitro groups is 1. The lowest BCUT2D eigenvalue weighted by Gasteiger charge is -2.55. The third kappa shape index (κ3) is 9.06. The Morgan fingerprint density at radius 1 is 0.969 bits per heavy atom. The van der Waals surface area contributed by atoms with E-state index in [9.17, 15) is 23.3 Å². The summed E-state index contributed by atoms with van der Waals surface area (Å²) in [6.45, 7) is 12.5. The van der Waals surface area contributed by atoms with Crippen molar-refractivity contribution < 1.29 is 22.9 Å². The molecule has 14 nitrogen and oxygen atoms in total. The number of nitrogens with one attached hydrogen (secondary N) is 3. The molecule has 2 saturated carbocycles. The number of nitrogens with zero attached hydrogens (tertiary/aromatic N) is 5. The van der Waals surface area contributed by atoms with Gasteiger partial charge in [0.15, 0.2) is 0 Å². The van der Waals surface area contributed by atoms with Crippen LogP contribution in [0.1, 0.15) is 125 Å². The molecular weight excluding hydrogens is 829 g/mol. The van der Waals surface area contributed by atoms with Crippen LogP contribution in [-0.4, -0.2) is 71.3 Å². The molecule has 15 heteroatoms. The zero-order valence-electron chi connectivity index (χ0n) is 37.3. The summed E-state index contributed by atoms with van der Waals surface area (Å²) in [7, 11) is -4.59. The van der Waals surface area contributed by atoms with E-state index in [1.54, 1.807) is 30.6 Å². The lowest BCUT2D eigenvalue weighted by Crippen LogP contribution is -2.59. The number of rotatable bonds is 13. The Balaban J connectivity index is 0.895. The molecule has 9 rings (SSSR count). The van der Waals surface area contributed by atoms with E-state index in [4.69, 9.17) is 4.74 Å². The summed E-state index contributed by atoms with van der Waals surface area (Å²) < 4.78 is 35.9. The van der Waals surface area contributed by atoms with Crippen molar-refractivity contribution in [3.05, 3.63) is 106 Å². The zero-order valence-corrected chi connectivity index (χ0v) is 38.1. The van der Waals surface area contributed by atoms with Gasteiger partial charge in [0.1, 0.15) is 22.0 Å². The molecule has 1 atom stereocenters. The number of aromatic amines is 1. The van der Waals surface area contributed by atoms with Crippen LogP contribution in [-0.2, 0) is 10.0 Å². The lowest BCUT2D eigenvalue weighted by atomic mass is 9.67. The molecule has 2 aromatic carbocycles. The van der Waals surface area contributed by atoms with E-state index in [1.807, 2.05) is 12.1 Å². The van der Waals surface area contributed by atoms with Crippen LogP contribution in [0.15, 0.2) is 84.1 Å². The third-order valence-electron chi connectivity index (χ3n) is 14.6. The van der Waals surface area contributed by atoms with Crippen molar-refractivity contribution in [3.8, 4) is 11.5 Å². The van der Waals surface area contributed by atoms with Gasteiger partial charge < -0.3 is 19.9 Å². The van der Waals surface area contributed by atoms with E-state index < -0.39 is 31.4 Å². The second-order valence-corrected chi connectivity index (χ2v) is 21.5. The Labute approximate surface area is 375 Å². The average molecular weight is 889 g/mol. The number of pyridine rings is 2. The number of hydrogen-bond donors (Lipinski definition) is 3. The second-order valence-electron chi connectivity index (χ2n) is 19.9. The molecule has 0 bridgehead atoms. The van der Waals surface area contributed by atoms with Crippen LogP contribution in [0.2, 0.25) is 0 Å². The van der Waals surface area contributed by atoms with Gasteiger partial charge in [-0.15, -0.1) is 0 Å². The van der Waals surface area contributed by atoms with Gasteiger partial charge in [0.25, 0.3) is 15.9 Å². The van der Waals surface area contributed by atoms with Gasteiger partial charge in [0.2, 0.25) is 5.82 Å². The van der Waals surface area contributed by atoms with Gasteiger partial charge in [0, 0.05) is 66.5 Å². The van der Waals surface area contributed by atoms with Gasteiger partial charge >= 0.3 is 5.69 Å². The van der Waals surface area contributed by atoms with Crippen LogP contribution in [0.25, 0.3) is 11.0 Å². The number of hydrogen-bond acceptors (Lipinski definition) is 11. The minimum absolute atomic E-state index is 0.0105. The normalized spacial score (nSPS) is 20.4. The number of carbonyl (C=O) groups is 1. The second kappa shape index (κ2) is 17.4. The Bertz CT molecular complexity index is 2640. The molecule has 338 valence electrons. The third-order valence-corrected chi connectivity index (χ3v) is 15.9. The van der Waals surface area contributed by atoms with Crippen LogP contribution in [0.3, 0.4) is 0 Å². The molecule has 64 heavy (non-hydrogen) atoms. The molecule has 1 amide bonds. The highest BCUT2D eigenvalue weighted by atomic mass is 32.2. The van der Waals surface area contributed by atoms with Gasteiger partial charge in [-0.2, -0.15) is 0 Å². The number of likely N-dealkylation sites (tertiary alicyclic amines) is 1. The maximum absolute atomic E-state index is 14.0. The Kier molecular flexibility index (Phi) is 11.9. The van der Waals surface area contributed by atoms with Crippen LogP contribution in [0, 0.1) is 26.9 Å². The Morgan fingerprint density at radius 2 is 1.73 bits per heavy atom. The van der Waals surface area contributed by atoms with Crippen molar-refractivity contribution in [3.63, 3.8) is 0 Å². The SMILES string of the molecule is CC(C)c1ccccc1[C@H]1CCCN1C1CCC2(CC1)CN(c1ccc(C(=O)NS(=O)(=O)c3cnc(NCC4CCC(C)(C)CC4)c([N+](=O)[O-])c3)c(Oc3cnc4[nH]ccc4c3)c1)C2. The molecule has 4 fully saturated rings. The summed E-state index contributed by atoms with van der Waals surface area (Å²) in [6.07, 6.45) is 15.5. The minimum Gasteiger partial charge on any atom is -0.455 e. The van der Waals surface area contributed by atoms with E-state index in [0.717, 1.165) is 81.5 Å². The maximum atomic E-state index is 14.0. The molecule has 5 heterocycles. The average Bonchev–Trinajstić information content (AvgIpc) is 3.95. The number of carbonyl (C=O) groups excluding carboxylic acids is 1. The predicted octanol–water partition coefficient (Wildman–Crippen LogP) is 10.1. The fourth-order valence-corrected chi connectivity index (χ4v) is 11.7. The Morgan fingerprint density at radius 3 is 2.48 bits per heavy atom. The molecular formula is C49H60N8O6S. The first kappa shape index (κ1) is 43.7. The largest absolute Gasteiger partial charge is 0.455 e. The lowest BCUT2D eigenvalue weighted by molar-refractivity contribution is -0.384. The fourth-order valence-electron chi connectivity index (χ4n) is 10.8. The molecule has 5 aromatic rings. The summed E-state index contributed by atoms with van der Waals surface area (Å²) in [5, 5.41) is 16.0. The number of H-pyrrole nitrogens is 1. The van der Waals surface area contributed by atoms with E-state index in [0.29, 0.717) is 41.9 Å². The molecule has 2 aliphatic heterocycles. The van der Waals surface area contributed by atoms with Crippen molar-refractivity contribution >= 4 is 44.2 Å². The van der Waals surface area contributed by atoms with Gasteiger partial charge in [0.05, 0.1) is 22.9 Å². The highest BCUT2D eigenvalue weighted by molar-refractivity contribution is 7.90. The first-order chi connectivity index (χ1) is 30.7. The fraction of sp³-hybridized carbons (Fsp3) is 0.490. The van der Waals surface area contributed by atoms with E-state index in [-0.39, 0.29) is 28.0 Å². The van der Waals surface area contributed by atoms with Crippen LogP contribution < -0.4 is 19.7 Å². The van der Waals surface area contributed by atoms with Gasteiger partial charge in [-0.3, -0.25) is 19.8 Å². The number of amides is 1. The number of ether oxygens (including phenoxy) is 1. The standard InChI is InChI=1S/C49H60N8O6S/c1-32(2)39-8-5-6-9-40(39)42-10-7-23-56(42)35-15-20-49(21-16-35)30-55(31-49)36-11-12-41(44(25-36)63-37-24-34-17-22-50-45(34)52-28-37)47(58)54-64(61,62)38-26-43(57(59)60)46(53-29-38)51-27-33-13-18-48(3,4)19-14-33/h5-6,8-9,11-12,17,22,24-26,28-29,32-33,35,42H,7,10,13-16,18-21,23,27,30-31H2,1-4H3,(H,50,52)(H,51,53)(H,54,58)/t42-/m1/s1. The van der Waals surface area contributed by atoms with Crippen molar-refractivity contribution in [1.29, 1.82) is 0 Å². The molecule has 0 radical (unpaired) electrons.